The van der Waals surface area contributed by atoms with Crippen molar-refractivity contribution < 1.29 is 9.53 Å². The van der Waals surface area contributed by atoms with Crippen LogP contribution < -0.4 is 16.0 Å². The molecule has 0 fully saturated rings. The summed E-state index contributed by atoms with van der Waals surface area (Å²) in [5, 5.41) is 0.835. The van der Waals surface area contributed by atoms with Crippen molar-refractivity contribution in [2.24, 2.45) is 5.73 Å². The third kappa shape index (κ3) is 2.20. The summed E-state index contributed by atoms with van der Waals surface area (Å²) in [4.78, 5) is 22.9. The van der Waals surface area contributed by atoms with E-state index in [9.17, 15) is 9.59 Å². The van der Waals surface area contributed by atoms with Crippen molar-refractivity contribution in [2.45, 2.75) is 13.5 Å². The van der Waals surface area contributed by atoms with Crippen LogP contribution in [0.3, 0.4) is 0 Å². The lowest BCUT2D eigenvalue weighted by molar-refractivity contribution is -0.118. The summed E-state index contributed by atoms with van der Waals surface area (Å²) in [5.74, 6) is 0.0184. The molecule has 5 nitrogen and oxygen atoms in total. The minimum Gasteiger partial charge on any atom is -0.492 e. The van der Waals surface area contributed by atoms with Crippen LogP contribution in [0.25, 0.3) is 10.9 Å². The Hall–Kier alpha value is -2.30. The summed E-state index contributed by atoms with van der Waals surface area (Å²) in [6, 6.07) is 8.59. The molecule has 2 N–H and O–H groups in total. The molecule has 0 aliphatic heterocycles. The molecule has 5 heteroatoms. The van der Waals surface area contributed by atoms with Gasteiger partial charge in [-0.1, -0.05) is 12.1 Å². The normalized spacial score (nSPS) is 10.5. The number of hydrogen-bond acceptors (Lipinski definition) is 3. The summed E-state index contributed by atoms with van der Waals surface area (Å²) < 4.78 is 6.82. The predicted molar refractivity (Wildman–Crippen MR) is 68.6 cm³/mol. The Morgan fingerprint density at radius 2 is 2.11 bits per heavy atom. The number of nitrogens with zero attached hydrogens (tertiary/aromatic N) is 1. The molecular weight excluding hydrogens is 232 g/mol. The molecule has 18 heavy (non-hydrogen) atoms. The smallest absolute Gasteiger partial charge is 0.251 e. The fourth-order valence-corrected chi connectivity index (χ4v) is 1.91. The van der Waals surface area contributed by atoms with Crippen LogP contribution in [0.15, 0.2) is 35.1 Å². The van der Waals surface area contributed by atoms with Gasteiger partial charge in [-0.2, -0.15) is 0 Å². The highest BCUT2D eigenvalue weighted by molar-refractivity contribution is 5.86. The maximum Gasteiger partial charge on any atom is 0.251 e. The summed E-state index contributed by atoms with van der Waals surface area (Å²) in [7, 11) is 0. The molecule has 0 atom stereocenters. The molecule has 0 aliphatic carbocycles. The fraction of sp³-hybridized carbons (Fsp3) is 0.231. The number of primary amides is 1. The van der Waals surface area contributed by atoms with Crippen LogP contribution in [0.2, 0.25) is 0 Å². The lowest BCUT2D eigenvalue weighted by atomic mass is 10.2. The molecule has 1 amide bonds. The monoisotopic (exact) mass is 246 g/mol. The second kappa shape index (κ2) is 4.91. The number of fused-ring (bicyclic) bond motifs is 1. The van der Waals surface area contributed by atoms with Gasteiger partial charge in [-0.3, -0.25) is 14.2 Å². The summed E-state index contributed by atoms with van der Waals surface area (Å²) >= 11 is 0. The molecule has 0 saturated carbocycles. The lowest BCUT2D eigenvalue weighted by Gasteiger charge is -2.12. The first-order valence-electron chi connectivity index (χ1n) is 5.67. The van der Waals surface area contributed by atoms with Gasteiger partial charge in [-0.05, 0) is 19.1 Å². The number of carbonyl (C=O) groups excluding carboxylic acids is 1. The van der Waals surface area contributed by atoms with E-state index in [0.29, 0.717) is 17.9 Å². The maximum atomic E-state index is 11.8. The minimum atomic E-state index is -0.559. The Morgan fingerprint density at radius 1 is 1.33 bits per heavy atom. The predicted octanol–water partition coefficient (Wildman–Crippen LogP) is 0.885. The number of pyridine rings is 1. The van der Waals surface area contributed by atoms with Gasteiger partial charge in [0.25, 0.3) is 5.56 Å². The maximum absolute atomic E-state index is 11.8. The van der Waals surface area contributed by atoms with Gasteiger partial charge in [-0.25, -0.2) is 0 Å². The highest BCUT2D eigenvalue weighted by atomic mass is 16.5. The molecule has 0 unspecified atom stereocenters. The van der Waals surface area contributed by atoms with Crippen LogP contribution in [0, 0.1) is 0 Å². The second-order valence-corrected chi connectivity index (χ2v) is 3.85. The van der Waals surface area contributed by atoms with Crippen molar-refractivity contribution in [1.82, 2.24) is 4.57 Å². The first-order chi connectivity index (χ1) is 8.63. The fourth-order valence-electron chi connectivity index (χ4n) is 1.91. The molecule has 1 aromatic heterocycles. The Kier molecular flexibility index (Phi) is 3.32. The number of carbonyl (C=O) groups is 1. The van der Waals surface area contributed by atoms with E-state index < -0.39 is 5.91 Å². The average Bonchev–Trinajstić information content (AvgIpc) is 2.33. The first kappa shape index (κ1) is 12.2. The zero-order chi connectivity index (χ0) is 13.1. The van der Waals surface area contributed by atoms with Crippen molar-refractivity contribution in [2.75, 3.05) is 6.61 Å². The van der Waals surface area contributed by atoms with Crippen LogP contribution in [0.5, 0.6) is 5.75 Å². The zero-order valence-corrected chi connectivity index (χ0v) is 10.1. The quantitative estimate of drug-likeness (QED) is 0.870. The summed E-state index contributed by atoms with van der Waals surface area (Å²) in [5.41, 5.74) is 5.50. The summed E-state index contributed by atoms with van der Waals surface area (Å²) in [6.07, 6.45) is 0. The van der Waals surface area contributed by atoms with E-state index in [1.807, 2.05) is 19.1 Å². The number of benzene rings is 1. The first-order valence-corrected chi connectivity index (χ1v) is 5.67. The van der Waals surface area contributed by atoms with E-state index in [4.69, 9.17) is 10.5 Å². The highest BCUT2D eigenvalue weighted by Gasteiger charge is 2.10. The number of amides is 1. The van der Waals surface area contributed by atoms with E-state index in [1.54, 1.807) is 12.1 Å². The minimum absolute atomic E-state index is 0.153. The Labute approximate surface area is 104 Å². The van der Waals surface area contributed by atoms with E-state index in [2.05, 4.69) is 0 Å². The van der Waals surface area contributed by atoms with Gasteiger partial charge in [0.05, 0.1) is 12.1 Å². The Morgan fingerprint density at radius 3 is 2.78 bits per heavy atom. The molecule has 1 heterocycles. The van der Waals surface area contributed by atoms with Crippen molar-refractivity contribution >= 4 is 16.8 Å². The van der Waals surface area contributed by atoms with Crippen molar-refractivity contribution in [3.05, 3.63) is 40.7 Å². The van der Waals surface area contributed by atoms with Gasteiger partial charge in [0.2, 0.25) is 5.91 Å². The highest BCUT2D eigenvalue weighted by Crippen LogP contribution is 2.24. The molecule has 0 radical (unpaired) electrons. The molecule has 0 spiro atoms. The van der Waals surface area contributed by atoms with Gasteiger partial charge < -0.3 is 10.5 Å². The number of hydrogen-bond donors (Lipinski definition) is 1. The molecule has 2 aromatic rings. The van der Waals surface area contributed by atoms with E-state index in [1.165, 1.54) is 10.6 Å². The molecule has 0 bridgehead atoms. The molecular formula is C13H14N2O3. The largest absolute Gasteiger partial charge is 0.492 e. The molecule has 0 saturated heterocycles. The summed E-state index contributed by atoms with van der Waals surface area (Å²) in [6.45, 7) is 2.19. The number of para-hydroxylation sites is 1. The number of rotatable bonds is 4. The molecule has 94 valence electrons. The van der Waals surface area contributed by atoms with Gasteiger partial charge in [-0.15, -0.1) is 0 Å². The molecule has 0 aliphatic rings. The van der Waals surface area contributed by atoms with Crippen LogP contribution in [0.4, 0.5) is 0 Å². The van der Waals surface area contributed by atoms with Gasteiger partial charge >= 0.3 is 0 Å². The number of ether oxygens (including phenoxy) is 1. The topological polar surface area (TPSA) is 74.3 Å². The van der Waals surface area contributed by atoms with E-state index in [-0.39, 0.29) is 12.1 Å². The van der Waals surface area contributed by atoms with Crippen LogP contribution >= 0.6 is 0 Å². The molecule has 2 rings (SSSR count). The second-order valence-electron chi connectivity index (χ2n) is 3.85. The Balaban J connectivity index is 2.75. The van der Waals surface area contributed by atoms with Crippen LogP contribution in [-0.2, 0) is 11.3 Å². The SMILES string of the molecule is CCOc1cccc2ccc(=O)n(CC(N)=O)c12. The average molecular weight is 246 g/mol. The van der Waals surface area contributed by atoms with E-state index >= 15 is 0 Å². The molecule has 1 aromatic carbocycles. The third-order valence-corrected chi connectivity index (χ3v) is 2.59. The van der Waals surface area contributed by atoms with E-state index in [0.717, 1.165) is 5.39 Å². The van der Waals surface area contributed by atoms with Crippen LogP contribution in [0.1, 0.15) is 6.92 Å². The van der Waals surface area contributed by atoms with Crippen molar-refractivity contribution in [1.29, 1.82) is 0 Å². The van der Waals surface area contributed by atoms with Gasteiger partial charge in [0.1, 0.15) is 12.3 Å². The zero-order valence-electron chi connectivity index (χ0n) is 10.1. The van der Waals surface area contributed by atoms with Crippen molar-refractivity contribution in [3.63, 3.8) is 0 Å². The van der Waals surface area contributed by atoms with Gasteiger partial charge in [0, 0.05) is 11.5 Å². The van der Waals surface area contributed by atoms with Crippen molar-refractivity contribution in [3.8, 4) is 5.75 Å². The van der Waals surface area contributed by atoms with Crippen LogP contribution in [-0.4, -0.2) is 17.1 Å². The Bertz CT molecular complexity index is 646. The number of aromatic nitrogens is 1. The number of nitrogens with two attached hydrogens (primary N) is 1. The lowest BCUT2D eigenvalue weighted by Crippen LogP contribution is -2.27. The third-order valence-electron chi connectivity index (χ3n) is 2.59. The standard InChI is InChI=1S/C13H14N2O3/c1-2-18-10-5-3-4-9-6-7-12(17)15(13(9)10)8-11(14)16/h3-7H,2,8H2,1H3,(H2,14,16). The van der Waals surface area contributed by atoms with Gasteiger partial charge in [0.15, 0.2) is 0 Å².